The van der Waals surface area contributed by atoms with Crippen molar-refractivity contribution < 1.29 is 9.53 Å². The van der Waals surface area contributed by atoms with Gasteiger partial charge in [0.15, 0.2) is 5.11 Å². The van der Waals surface area contributed by atoms with Crippen molar-refractivity contribution in [1.29, 1.82) is 0 Å². The summed E-state index contributed by atoms with van der Waals surface area (Å²) in [5.74, 6) is 0.249. The largest absolute Gasteiger partial charge is 0.497 e. The minimum Gasteiger partial charge on any atom is -0.497 e. The maximum atomic E-state index is 12.1. The zero-order valence-corrected chi connectivity index (χ0v) is 13.5. The van der Waals surface area contributed by atoms with Gasteiger partial charge in [-0.3, -0.25) is 15.6 Å². The second kappa shape index (κ2) is 8.37. The van der Waals surface area contributed by atoms with Gasteiger partial charge >= 0.3 is 0 Å². The highest BCUT2D eigenvalue weighted by Gasteiger charge is 2.09. The summed E-state index contributed by atoms with van der Waals surface area (Å²) in [4.78, 5) is 14.8. The highest BCUT2D eigenvalue weighted by atomic mass is 32.1. The fraction of sp³-hybridized carbons (Fsp3) is 0.0667. The Bertz CT molecular complexity index is 787. The number of thiocarbonyl (C=S) groups is 1. The van der Waals surface area contributed by atoms with Crippen LogP contribution >= 0.6 is 12.2 Å². The number of rotatable bonds is 4. The number of nitrogens with zero attached hydrogens (tertiary/aromatic N) is 3. The zero-order chi connectivity index (χ0) is 17.4. The van der Waals surface area contributed by atoms with Gasteiger partial charge in [0.25, 0.3) is 5.91 Å². The summed E-state index contributed by atoms with van der Waals surface area (Å²) in [6.45, 7) is 0. The summed E-state index contributed by atoms with van der Waals surface area (Å²) in [7, 11) is 1.58. The standard InChI is InChI=1S/C15H14N6O2S/c1-23-11-8-6-10(7-9-11)17-15(24)20-19-14(22)12-4-2-3-5-13(12)18-21-16/h2-9H,1H3,(H,19,22)(H2,17,20,24). The molecule has 2 aromatic carbocycles. The number of ether oxygens (including phenoxy) is 1. The van der Waals surface area contributed by atoms with Crippen molar-refractivity contribution >= 4 is 34.6 Å². The molecule has 0 aliphatic rings. The number of nitrogens with one attached hydrogen (secondary N) is 3. The molecule has 2 rings (SSSR count). The Morgan fingerprint density at radius 2 is 1.88 bits per heavy atom. The topological polar surface area (TPSA) is 111 Å². The number of carbonyl (C=O) groups excluding carboxylic acids is 1. The van der Waals surface area contributed by atoms with Gasteiger partial charge in [-0.2, -0.15) is 0 Å². The van der Waals surface area contributed by atoms with Gasteiger partial charge in [0.1, 0.15) is 5.75 Å². The number of azide groups is 1. The molecule has 2 aromatic rings. The predicted octanol–water partition coefficient (Wildman–Crippen LogP) is 3.27. The Morgan fingerprint density at radius 1 is 1.17 bits per heavy atom. The van der Waals surface area contributed by atoms with Gasteiger partial charge in [-0.25, -0.2) is 0 Å². The second-order valence-electron chi connectivity index (χ2n) is 4.47. The molecule has 0 heterocycles. The van der Waals surface area contributed by atoms with Gasteiger partial charge in [-0.15, -0.1) is 0 Å². The summed E-state index contributed by atoms with van der Waals surface area (Å²) in [6, 6.07) is 13.5. The van der Waals surface area contributed by atoms with Gasteiger partial charge in [0, 0.05) is 10.6 Å². The number of hydrogen-bond acceptors (Lipinski definition) is 4. The van der Waals surface area contributed by atoms with E-state index in [-0.39, 0.29) is 16.4 Å². The van der Waals surface area contributed by atoms with Gasteiger partial charge in [0.2, 0.25) is 0 Å². The molecule has 1 amide bonds. The van der Waals surface area contributed by atoms with E-state index in [9.17, 15) is 4.79 Å². The predicted molar refractivity (Wildman–Crippen MR) is 95.1 cm³/mol. The number of hydrazine groups is 1. The number of amides is 1. The number of carbonyl (C=O) groups is 1. The molecule has 0 unspecified atom stereocenters. The first-order valence-electron chi connectivity index (χ1n) is 6.79. The molecular formula is C15H14N6O2S. The van der Waals surface area contributed by atoms with Crippen molar-refractivity contribution in [2.45, 2.75) is 0 Å². The Morgan fingerprint density at radius 3 is 2.54 bits per heavy atom. The Labute approximate surface area is 143 Å². The van der Waals surface area contributed by atoms with Crippen LogP contribution in [-0.4, -0.2) is 18.1 Å². The van der Waals surface area contributed by atoms with Crippen LogP contribution in [0.2, 0.25) is 0 Å². The van der Waals surface area contributed by atoms with E-state index >= 15 is 0 Å². The molecule has 0 radical (unpaired) electrons. The van der Waals surface area contributed by atoms with Crippen molar-refractivity contribution in [2.24, 2.45) is 5.11 Å². The molecule has 0 aromatic heterocycles. The molecule has 24 heavy (non-hydrogen) atoms. The average Bonchev–Trinajstić information content (AvgIpc) is 2.61. The molecule has 8 nitrogen and oxygen atoms in total. The molecule has 0 saturated heterocycles. The van der Waals surface area contributed by atoms with Crippen molar-refractivity contribution in [1.82, 2.24) is 10.9 Å². The van der Waals surface area contributed by atoms with Crippen LogP contribution in [0.3, 0.4) is 0 Å². The Hall–Kier alpha value is -3.29. The summed E-state index contributed by atoms with van der Waals surface area (Å²) in [6.07, 6.45) is 0. The summed E-state index contributed by atoms with van der Waals surface area (Å²) in [5.41, 5.74) is 14.7. The minimum absolute atomic E-state index is 0.204. The molecule has 0 saturated carbocycles. The number of hydrogen-bond donors (Lipinski definition) is 3. The highest BCUT2D eigenvalue weighted by molar-refractivity contribution is 7.80. The first-order valence-corrected chi connectivity index (χ1v) is 7.20. The molecule has 0 atom stereocenters. The summed E-state index contributed by atoms with van der Waals surface area (Å²) >= 11 is 5.10. The highest BCUT2D eigenvalue weighted by Crippen LogP contribution is 2.18. The Balaban J connectivity index is 1.93. The lowest BCUT2D eigenvalue weighted by atomic mass is 10.2. The minimum atomic E-state index is -0.475. The molecule has 9 heteroatoms. The fourth-order valence-corrected chi connectivity index (χ4v) is 1.99. The van der Waals surface area contributed by atoms with Gasteiger partial charge in [-0.1, -0.05) is 23.3 Å². The van der Waals surface area contributed by atoms with Crippen LogP contribution in [0.1, 0.15) is 10.4 Å². The third-order valence-corrected chi connectivity index (χ3v) is 3.14. The van der Waals surface area contributed by atoms with E-state index in [0.29, 0.717) is 0 Å². The Kier molecular flexibility index (Phi) is 5.95. The van der Waals surface area contributed by atoms with E-state index in [0.717, 1.165) is 11.4 Å². The quantitative estimate of drug-likeness (QED) is 0.260. The van der Waals surface area contributed by atoms with Crippen LogP contribution in [0.25, 0.3) is 10.4 Å². The molecule has 0 aliphatic heterocycles. The van der Waals surface area contributed by atoms with E-state index in [2.05, 4.69) is 26.2 Å². The molecular weight excluding hydrogens is 328 g/mol. The SMILES string of the molecule is COc1ccc(NC(=S)NNC(=O)c2ccccc2N=[N+]=[N-])cc1. The van der Waals surface area contributed by atoms with E-state index in [4.69, 9.17) is 22.5 Å². The van der Waals surface area contributed by atoms with Crippen LogP contribution in [0, 0.1) is 0 Å². The molecule has 122 valence electrons. The monoisotopic (exact) mass is 342 g/mol. The zero-order valence-electron chi connectivity index (χ0n) is 12.7. The van der Waals surface area contributed by atoms with Crippen LogP contribution in [0.15, 0.2) is 53.6 Å². The van der Waals surface area contributed by atoms with Crippen molar-refractivity contribution in [3.8, 4) is 5.75 Å². The lowest BCUT2D eigenvalue weighted by Crippen LogP contribution is -2.43. The van der Waals surface area contributed by atoms with Crippen LogP contribution in [0.5, 0.6) is 5.75 Å². The van der Waals surface area contributed by atoms with Crippen LogP contribution < -0.4 is 20.9 Å². The third-order valence-electron chi connectivity index (χ3n) is 2.94. The maximum Gasteiger partial charge on any atom is 0.270 e. The maximum absolute atomic E-state index is 12.1. The molecule has 0 bridgehead atoms. The number of methoxy groups -OCH3 is 1. The second-order valence-corrected chi connectivity index (χ2v) is 4.88. The molecule has 3 N–H and O–H groups in total. The number of anilines is 1. The van der Waals surface area contributed by atoms with E-state index in [1.54, 1.807) is 55.6 Å². The van der Waals surface area contributed by atoms with E-state index < -0.39 is 5.91 Å². The van der Waals surface area contributed by atoms with Gasteiger partial charge < -0.3 is 10.1 Å². The summed E-state index contributed by atoms with van der Waals surface area (Å²) < 4.78 is 5.07. The third kappa shape index (κ3) is 4.60. The van der Waals surface area contributed by atoms with Crippen molar-refractivity contribution in [2.75, 3.05) is 12.4 Å². The smallest absolute Gasteiger partial charge is 0.270 e. The first kappa shape index (κ1) is 17.1. The molecule has 0 fully saturated rings. The van der Waals surface area contributed by atoms with Crippen molar-refractivity contribution in [3.63, 3.8) is 0 Å². The van der Waals surface area contributed by atoms with Gasteiger partial charge in [0.05, 0.1) is 18.4 Å². The molecule has 0 aliphatic carbocycles. The summed E-state index contributed by atoms with van der Waals surface area (Å²) in [5, 5.41) is 6.58. The first-order chi connectivity index (χ1) is 11.6. The van der Waals surface area contributed by atoms with E-state index in [1.807, 2.05) is 0 Å². The fourth-order valence-electron chi connectivity index (χ4n) is 1.82. The molecule has 0 spiro atoms. The van der Waals surface area contributed by atoms with Crippen LogP contribution in [0.4, 0.5) is 11.4 Å². The number of benzene rings is 2. The van der Waals surface area contributed by atoms with Crippen LogP contribution in [-0.2, 0) is 0 Å². The van der Waals surface area contributed by atoms with E-state index in [1.165, 1.54) is 0 Å². The lowest BCUT2D eigenvalue weighted by Gasteiger charge is -2.12. The van der Waals surface area contributed by atoms with Gasteiger partial charge in [-0.05, 0) is 48.1 Å². The lowest BCUT2D eigenvalue weighted by molar-refractivity contribution is 0.0945. The normalized spacial score (nSPS) is 9.38. The average molecular weight is 342 g/mol. The van der Waals surface area contributed by atoms with Crippen molar-refractivity contribution in [3.05, 3.63) is 64.5 Å².